The summed E-state index contributed by atoms with van der Waals surface area (Å²) in [5.41, 5.74) is 11.7. The average molecular weight is 712 g/mol. The summed E-state index contributed by atoms with van der Waals surface area (Å²) >= 11 is 0. The Morgan fingerprint density at radius 2 is 0.839 bits per heavy atom. The molecule has 56 heavy (non-hydrogen) atoms. The number of rotatable bonds is 6. The molecule has 0 radical (unpaired) electrons. The third-order valence-electron chi connectivity index (χ3n) is 11.1. The van der Waals surface area contributed by atoms with Gasteiger partial charge in [0.1, 0.15) is 0 Å². The first-order chi connectivity index (χ1) is 27.7. The van der Waals surface area contributed by atoms with E-state index in [1.54, 1.807) is 6.20 Å². The quantitative estimate of drug-likeness (QED) is 0.161. The van der Waals surface area contributed by atoms with Crippen molar-refractivity contribution in [1.82, 2.24) is 15.0 Å². The summed E-state index contributed by atoms with van der Waals surface area (Å²) in [5, 5.41) is 10.2. The van der Waals surface area contributed by atoms with Gasteiger partial charge in [-0.2, -0.15) is 0 Å². The summed E-state index contributed by atoms with van der Waals surface area (Å²) in [5.74, 6) is 0.690. The fourth-order valence-electron chi connectivity index (χ4n) is 8.23. The smallest absolute Gasteiger partial charge is 0.160 e. The Hall–Kier alpha value is -7.49. The van der Waals surface area contributed by atoms with Crippen molar-refractivity contribution in [3.05, 3.63) is 200 Å². The molecule has 0 spiro atoms. The van der Waals surface area contributed by atoms with Gasteiger partial charge in [0, 0.05) is 29.1 Å². The van der Waals surface area contributed by atoms with Crippen LogP contribution in [0.1, 0.15) is 0 Å². The molecule has 0 aliphatic heterocycles. The normalized spacial score (nSPS) is 11.6. The molecule has 11 rings (SSSR count). The fourth-order valence-corrected chi connectivity index (χ4v) is 8.23. The summed E-state index contributed by atoms with van der Waals surface area (Å²) < 4.78 is 0. The third-order valence-corrected chi connectivity index (χ3v) is 11.1. The maximum Gasteiger partial charge on any atom is 0.160 e. The van der Waals surface area contributed by atoms with Gasteiger partial charge in [0.25, 0.3) is 0 Å². The standard InChI is InChI=1S/C53H33N3/c1-2-6-44-31-45(25-14-34(44)5-1)35-12-23-43(24-13-35)53-55-49(38-17-10-36(11-18-38)46-9-4-30-54-33-46)32-50(56-53)39-19-15-37(16-20-39)47-28-26-42-22-21-40-7-3-8-41-27-29-48(47)52(42)51(40)41/h1-33H. The van der Waals surface area contributed by atoms with Crippen molar-refractivity contribution >= 4 is 43.1 Å². The van der Waals surface area contributed by atoms with Crippen molar-refractivity contribution in [1.29, 1.82) is 0 Å². The lowest BCUT2D eigenvalue weighted by Crippen LogP contribution is -1.96. The molecular weight excluding hydrogens is 679 g/mol. The number of hydrogen-bond acceptors (Lipinski definition) is 3. The molecular formula is C53H33N3. The first kappa shape index (κ1) is 32.0. The molecule has 0 saturated heterocycles. The van der Waals surface area contributed by atoms with Gasteiger partial charge in [-0.1, -0.05) is 170 Å². The fraction of sp³-hybridized carbons (Fsp3) is 0. The van der Waals surface area contributed by atoms with Gasteiger partial charge >= 0.3 is 0 Å². The minimum Gasteiger partial charge on any atom is -0.264 e. The molecule has 260 valence electrons. The van der Waals surface area contributed by atoms with Crippen LogP contribution in [0.25, 0.3) is 110 Å². The molecule has 9 aromatic carbocycles. The Balaban J connectivity index is 0.989. The number of aromatic nitrogens is 3. The van der Waals surface area contributed by atoms with Crippen LogP contribution in [0.5, 0.6) is 0 Å². The zero-order valence-corrected chi connectivity index (χ0v) is 30.4. The highest BCUT2D eigenvalue weighted by Gasteiger charge is 2.15. The van der Waals surface area contributed by atoms with Crippen molar-refractivity contribution in [3.8, 4) is 67.3 Å². The van der Waals surface area contributed by atoms with Gasteiger partial charge in [-0.3, -0.25) is 4.98 Å². The van der Waals surface area contributed by atoms with E-state index >= 15 is 0 Å². The molecule has 0 bridgehead atoms. The van der Waals surface area contributed by atoms with Crippen LogP contribution in [0.3, 0.4) is 0 Å². The van der Waals surface area contributed by atoms with Crippen LogP contribution < -0.4 is 0 Å². The van der Waals surface area contributed by atoms with E-state index in [-0.39, 0.29) is 0 Å². The predicted molar refractivity (Wildman–Crippen MR) is 234 cm³/mol. The Morgan fingerprint density at radius 3 is 1.54 bits per heavy atom. The lowest BCUT2D eigenvalue weighted by molar-refractivity contribution is 1.18. The number of pyridine rings is 1. The summed E-state index contributed by atoms with van der Waals surface area (Å²) in [6.45, 7) is 0. The van der Waals surface area contributed by atoms with Crippen molar-refractivity contribution < 1.29 is 0 Å². The molecule has 2 heterocycles. The lowest BCUT2D eigenvalue weighted by atomic mass is 9.89. The highest BCUT2D eigenvalue weighted by Crippen LogP contribution is 2.40. The van der Waals surface area contributed by atoms with E-state index in [9.17, 15) is 0 Å². The van der Waals surface area contributed by atoms with Gasteiger partial charge in [-0.05, 0) is 94.7 Å². The Kier molecular flexibility index (Phi) is 7.49. The van der Waals surface area contributed by atoms with Crippen LogP contribution in [0.2, 0.25) is 0 Å². The van der Waals surface area contributed by atoms with E-state index in [0.29, 0.717) is 5.82 Å². The summed E-state index contributed by atoms with van der Waals surface area (Å²) in [6.07, 6.45) is 3.69. The second kappa shape index (κ2) is 13.1. The van der Waals surface area contributed by atoms with Gasteiger partial charge in [0.2, 0.25) is 0 Å². The van der Waals surface area contributed by atoms with Crippen LogP contribution in [0.15, 0.2) is 200 Å². The Bertz CT molecular complexity index is 3190. The maximum atomic E-state index is 5.20. The van der Waals surface area contributed by atoms with E-state index in [1.165, 1.54) is 59.8 Å². The minimum atomic E-state index is 0.690. The molecule has 11 aromatic rings. The second-order valence-corrected chi connectivity index (χ2v) is 14.5. The number of hydrogen-bond donors (Lipinski definition) is 0. The number of fused-ring (bicyclic) bond motifs is 1. The number of nitrogens with zero attached hydrogens (tertiary/aromatic N) is 3. The van der Waals surface area contributed by atoms with Crippen LogP contribution in [-0.4, -0.2) is 15.0 Å². The predicted octanol–water partition coefficient (Wildman–Crippen LogP) is 13.9. The monoisotopic (exact) mass is 711 g/mol. The van der Waals surface area contributed by atoms with Crippen molar-refractivity contribution in [2.75, 3.05) is 0 Å². The van der Waals surface area contributed by atoms with E-state index in [2.05, 4.69) is 187 Å². The first-order valence-electron chi connectivity index (χ1n) is 19.0. The van der Waals surface area contributed by atoms with Crippen molar-refractivity contribution in [3.63, 3.8) is 0 Å². The largest absolute Gasteiger partial charge is 0.264 e. The molecule has 3 nitrogen and oxygen atoms in total. The molecule has 0 saturated carbocycles. The highest BCUT2D eigenvalue weighted by atomic mass is 14.9. The van der Waals surface area contributed by atoms with Crippen LogP contribution >= 0.6 is 0 Å². The molecule has 0 fully saturated rings. The van der Waals surface area contributed by atoms with E-state index in [0.717, 1.165) is 44.8 Å². The third kappa shape index (κ3) is 5.57. The Labute approximate surface area is 324 Å². The SMILES string of the molecule is c1cncc(-c2ccc(-c3cc(-c4ccc(-c5ccc6ccc7cccc8ccc5c6c78)cc4)nc(-c4ccc(-c5ccc6ccccc6c5)cc4)n3)cc2)c1. The molecule has 3 heteroatoms. The molecule has 0 amide bonds. The van der Waals surface area contributed by atoms with E-state index in [4.69, 9.17) is 9.97 Å². The maximum absolute atomic E-state index is 5.20. The zero-order valence-electron chi connectivity index (χ0n) is 30.4. The molecule has 0 N–H and O–H groups in total. The van der Waals surface area contributed by atoms with Crippen LogP contribution in [0.4, 0.5) is 0 Å². The van der Waals surface area contributed by atoms with Crippen LogP contribution in [-0.2, 0) is 0 Å². The second-order valence-electron chi connectivity index (χ2n) is 14.5. The molecule has 2 aromatic heterocycles. The Morgan fingerprint density at radius 1 is 0.304 bits per heavy atom. The lowest BCUT2D eigenvalue weighted by Gasteiger charge is -2.14. The average Bonchev–Trinajstić information content (AvgIpc) is 3.28. The highest BCUT2D eigenvalue weighted by molar-refractivity contribution is 6.25. The van der Waals surface area contributed by atoms with Gasteiger partial charge in [-0.15, -0.1) is 0 Å². The van der Waals surface area contributed by atoms with Crippen molar-refractivity contribution in [2.24, 2.45) is 0 Å². The van der Waals surface area contributed by atoms with E-state index in [1.807, 2.05) is 12.3 Å². The molecule has 0 unspecified atom stereocenters. The van der Waals surface area contributed by atoms with Gasteiger partial charge < -0.3 is 0 Å². The van der Waals surface area contributed by atoms with E-state index < -0.39 is 0 Å². The van der Waals surface area contributed by atoms with Crippen LogP contribution in [0, 0.1) is 0 Å². The molecule has 0 aliphatic carbocycles. The minimum absolute atomic E-state index is 0.690. The summed E-state index contributed by atoms with van der Waals surface area (Å²) in [7, 11) is 0. The summed E-state index contributed by atoms with van der Waals surface area (Å²) in [6, 6.07) is 67.3. The van der Waals surface area contributed by atoms with Crippen molar-refractivity contribution in [2.45, 2.75) is 0 Å². The van der Waals surface area contributed by atoms with Gasteiger partial charge in [-0.25, -0.2) is 9.97 Å². The first-order valence-corrected chi connectivity index (χ1v) is 19.0. The molecule has 0 atom stereocenters. The summed E-state index contributed by atoms with van der Waals surface area (Å²) in [4.78, 5) is 14.7. The topological polar surface area (TPSA) is 38.7 Å². The zero-order chi connectivity index (χ0) is 37.0. The number of benzene rings is 9. The van der Waals surface area contributed by atoms with Gasteiger partial charge in [0.05, 0.1) is 11.4 Å². The van der Waals surface area contributed by atoms with Gasteiger partial charge in [0.15, 0.2) is 5.82 Å². The molecule has 0 aliphatic rings.